The molecule has 1 amide bonds. The number of amides is 1. The Morgan fingerprint density at radius 1 is 1.31 bits per heavy atom. The highest BCUT2D eigenvalue weighted by Gasteiger charge is 2.31. The van der Waals surface area contributed by atoms with Gasteiger partial charge in [-0.15, -0.1) is 0 Å². The zero-order valence-electron chi connectivity index (χ0n) is 10.4. The second kappa shape index (κ2) is 5.15. The van der Waals surface area contributed by atoms with Crippen LogP contribution >= 0.6 is 0 Å². The number of hydrogen-bond donors (Lipinski definition) is 1. The fraction of sp³-hybridized carbons (Fsp3) is 0.917. The number of piperazine rings is 1. The Hall–Kier alpha value is -0.610. The molecule has 2 rings (SSSR count). The lowest BCUT2D eigenvalue weighted by molar-refractivity contribution is -0.119. The lowest BCUT2D eigenvalue weighted by Crippen LogP contribution is -2.51. The Kier molecular flexibility index (Phi) is 3.82. The van der Waals surface area contributed by atoms with Gasteiger partial charge >= 0.3 is 0 Å². The van der Waals surface area contributed by atoms with Crippen molar-refractivity contribution in [2.45, 2.75) is 38.8 Å². The first-order chi connectivity index (χ1) is 7.65. The van der Waals surface area contributed by atoms with Crippen LogP contribution in [-0.4, -0.2) is 60.5 Å². The van der Waals surface area contributed by atoms with E-state index in [2.05, 4.69) is 22.0 Å². The minimum absolute atomic E-state index is 0.0733. The van der Waals surface area contributed by atoms with Crippen LogP contribution in [0.15, 0.2) is 0 Å². The first-order valence-electron chi connectivity index (χ1n) is 6.38. The molecule has 1 aliphatic heterocycles. The van der Waals surface area contributed by atoms with Crippen LogP contribution < -0.4 is 5.32 Å². The second-order valence-electron chi connectivity index (χ2n) is 5.17. The van der Waals surface area contributed by atoms with Gasteiger partial charge in [-0.05, 0) is 19.8 Å². The topological polar surface area (TPSA) is 35.6 Å². The molecule has 1 N–H and O–H groups in total. The van der Waals surface area contributed by atoms with Crippen molar-refractivity contribution in [3.05, 3.63) is 0 Å². The van der Waals surface area contributed by atoms with E-state index in [1.54, 1.807) is 6.92 Å². The van der Waals surface area contributed by atoms with Gasteiger partial charge < -0.3 is 5.32 Å². The summed E-state index contributed by atoms with van der Waals surface area (Å²) in [5.74, 6) is 0.0733. The third-order valence-corrected chi connectivity index (χ3v) is 3.45. The van der Waals surface area contributed by atoms with Crippen LogP contribution in [0.4, 0.5) is 0 Å². The van der Waals surface area contributed by atoms with E-state index in [1.165, 1.54) is 25.9 Å². The third-order valence-electron chi connectivity index (χ3n) is 3.45. The standard InChI is InChI=1S/C12H23N3O/c1-10(13-11(2)16)9-14-5-7-15(8-6-14)12-3-4-12/h10,12H,3-9H2,1-2H3,(H,13,16). The molecule has 2 fully saturated rings. The van der Waals surface area contributed by atoms with Gasteiger partial charge in [0.1, 0.15) is 0 Å². The average molecular weight is 225 g/mol. The molecule has 2 aliphatic rings. The van der Waals surface area contributed by atoms with Crippen molar-refractivity contribution >= 4 is 5.91 Å². The fourth-order valence-corrected chi connectivity index (χ4v) is 2.53. The van der Waals surface area contributed by atoms with Crippen molar-refractivity contribution in [1.29, 1.82) is 0 Å². The zero-order valence-corrected chi connectivity index (χ0v) is 10.4. The van der Waals surface area contributed by atoms with Gasteiger partial charge in [0.05, 0.1) is 0 Å². The van der Waals surface area contributed by atoms with Crippen LogP contribution in [0.5, 0.6) is 0 Å². The molecule has 1 aliphatic carbocycles. The SMILES string of the molecule is CC(=O)NC(C)CN1CCN(C2CC2)CC1. The first kappa shape index (κ1) is 11.9. The van der Waals surface area contributed by atoms with Crippen LogP contribution in [0.25, 0.3) is 0 Å². The Balaban J connectivity index is 1.66. The van der Waals surface area contributed by atoms with Crippen LogP contribution in [0.3, 0.4) is 0 Å². The molecule has 4 heteroatoms. The van der Waals surface area contributed by atoms with Gasteiger partial charge in [0.2, 0.25) is 5.91 Å². The minimum Gasteiger partial charge on any atom is -0.353 e. The molecule has 0 aromatic rings. The van der Waals surface area contributed by atoms with Crippen LogP contribution in [-0.2, 0) is 4.79 Å². The number of carbonyl (C=O) groups excluding carboxylic acids is 1. The Labute approximate surface area is 98.0 Å². The zero-order chi connectivity index (χ0) is 11.5. The molecule has 0 bridgehead atoms. The molecule has 1 heterocycles. The van der Waals surface area contributed by atoms with Gasteiger partial charge in [-0.25, -0.2) is 0 Å². The van der Waals surface area contributed by atoms with Gasteiger partial charge in [0.15, 0.2) is 0 Å². The van der Waals surface area contributed by atoms with E-state index in [9.17, 15) is 4.79 Å². The number of nitrogens with one attached hydrogen (secondary N) is 1. The maximum absolute atomic E-state index is 10.9. The summed E-state index contributed by atoms with van der Waals surface area (Å²) in [6.07, 6.45) is 2.81. The van der Waals surface area contributed by atoms with E-state index < -0.39 is 0 Å². The number of carbonyl (C=O) groups is 1. The molecular formula is C12H23N3O. The third kappa shape index (κ3) is 3.46. The van der Waals surface area contributed by atoms with Crippen LogP contribution in [0.1, 0.15) is 26.7 Å². The highest BCUT2D eigenvalue weighted by atomic mass is 16.1. The average Bonchev–Trinajstić information content (AvgIpc) is 3.00. The van der Waals surface area contributed by atoms with Gasteiger partial charge in [0.25, 0.3) is 0 Å². The van der Waals surface area contributed by atoms with E-state index in [0.29, 0.717) is 0 Å². The van der Waals surface area contributed by atoms with Crippen molar-refractivity contribution in [1.82, 2.24) is 15.1 Å². The van der Waals surface area contributed by atoms with Crippen molar-refractivity contribution in [3.8, 4) is 0 Å². The van der Waals surface area contributed by atoms with Gasteiger partial charge in [-0.2, -0.15) is 0 Å². The normalized spacial score (nSPS) is 25.4. The van der Waals surface area contributed by atoms with E-state index in [-0.39, 0.29) is 11.9 Å². The monoisotopic (exact) mass is 225 g/mol. The summed E-state index contributed by atoms with van der Waals surface area (Å²) < 4.78 is 0. The minimum atomic E-state index is 0.0733. The molecule has 1 atom stereocenters. The first-order valence-corrected chi connectivity index (χ1v) is 6.38. The lowest BCUT2D eigenvalue weighted by atomic mass is 10.2. The van der Waals surface area contributed by atoms with Crippen molar-refractivity contribution < 1.29 is 4.79 Å². The Morgan fingerprint density at radius 2 is 1.94 bits per heavy atom. The van der Waals surface area contributed by atoms with E-state index >= 15 is 0 Å². The molecule has 1 saturated heterocycles. The highest BCUT2D eigenvalue weighted by Crippen LogP contribution is 2.27. The summed E-state index contributed by atoms with van der Waals surface area (Å²) in [6, 6.07) is 1.17. The summed E-state index contributed by atoms with van der Waals surface area (Å²) in [6.45, 7) is 9.37. The van der Waals surface area contributed by atoms with Crippen LogP contribution in [0, 0.1) is 0 Å². The van der Waals surface area contributed by atoms with E-state index in [4.69, 9.17) is 0 Å². The van der Waals surface area contributed by atoms with Crippen molar-refractivity contribution in [2.75, 3.05) is 32.7 Å². The maximum atomic E-state index is 10.9. The smallest absolute Gasteiger partial charge is 0.217 e. The molecule has 16 heavy (non-hydrogen) atoms. The molecular weight excluding hydrogens is 202 g/mol. The highest BCUT2D eigenvalue weighted by molar-refractivity contribution is 5.73. The molecule has 0 aromatic heterocycles. The van der Waals surface area contributed by atoms with Crippen molar-refractivity contribution in [2.24, 2.45) is 0 Å². The predicted octanol–water partition coefficient (Wildman–Crippen LogP) is 0.291. The Bertz CT molecular complexity index is 245. The summed E-state index contributed by atoms with van der Waals surface area (Å²) >= 11 is 0. The quantitative estimate of drug-likeness (QED) is 0.747. The predicted molar refractivity (Wildman–Crippen MR) is 64.3 cm³/mol. The molecule has 1 saturated carbocycles. The van der Waals surface area contributed by atoms with Crippen LogP contribution in [0.2, 0.25) is 0 Å². The largest absolute Gasteiger partial charge is 0.353 e. The molecule has 0 spiro atoms. The molecule has 4 nitrogen and oxygen atoms in total. The van der Waals surface area contributed by atoms with Gasteiger partial charge in [-0.3, -0.25) is 14.6 Å². The van der Waals surface area contributed by atoms with Gasteiger partial charge in [0, 0.05) is 51.7 Å². The molecule has 0 radical (unpaired) electrons. The number of rotatable bonds is 4. The molecule has 0 aromatic carbocycles. The summed E-state index contributed by atoms with van der Waals surface area (Å²) in [5.41, 5.74) is 0. The van der Waals surface area contributed by atoms with Gasteiger partial charge in [-0.1, -0.05) is 0 Å². The number of nitrogens with zero attached hydrogens (tertiary/aromatic N) is 2. The summed E-state index contributed by atoms with van der Waals surface area (Å²) in [5, 5.41) is 2.94. The lowest BCUT2D eigenvalue weighted by Gasteiger charge is -2.36. The van der Waals surface area contributed by atoms with Crippen molar-refractivity contribution in [3.63, 3.8) is 0 Å². The van der Waals surface area contributed by atoms with E-state index in [0.717, 1.165) is 25.7 Å². The summed E-state index contributed by atoms with van der Waals surface area (Å²) in [4.78, 5) is 16.0. The summed E-state index contributed by atoms with van der Waals surface area (Å²) in [7, 11) is 0. The second-order valence-corrected chi connectivity index (χ2v) is 5.17. The number of hydrogen-bond acceptors (Lipinski definition) is 3. The van der Waals surface area contributed by atoms with E-state index in [1.807, 2.05) is 0 Å². The molecule has 92 valence electrons. The maximum Gasteiger partial charge on any atom is 0.217 e. The molecule has 1 unspecified atom stereocenters. The fourth-order valence-electron chi connectivity index (χ4n) is 2.53. The Morgan fingerprint density at radius 3 is 2.44 bits per heavy atom.